The molecule has 3 rings (SSSR count). The van der Waals surface area contributed by atoms with Gasteiger partial charge in [0.25, 0.3) is 0 Å². The Morgan fingerprint density at radius 2 is 1.82 bits per heavy atom. The average molecular weight is 315 g/mol. The van der Waals surface area contributed by atoms with Gasteiger partial charge in [0.2, 0.25) is 0 Å². The molecule has 0 aliphatic heterocycles. The number of phenolic OH excluding ortho intramolecular Hbond substituents is 1. The monoisotopic (exact) mass is 315 g/mol. The average Bonchev–Trinajstić information content (AvgIpc) is 2.91. The summed E-state index contributed by atoms with van der Waals surface area (Å²) in [5.74, 6) is -0.352. The van der Waals surface area contributed by atoms with Crippen LogP contribution in [-0.4, -0.2) is 18.2 Å². The van der Waals surface area contributed by atoms with E-state index >= 15 is 0 Å². The number of hydrogen-bond acceptors (Lipinski definition) is 3. The summed E-state index contributed by atoms with van der Waals surface area (Å²) in [5, 5.41) is 16.1. The fourth-order valence-electron chi connectivity index (χ4n) is 2.59. The molecule has 0 atom stereocenters. The zero-order valence-electron chi connectivity index (χ0n) is 12.2. The minimum absolute atomic E-state index is 0.0375. The Morgan fingerprint density at radius 1 is 1.05 bits per heavy atom. The quantitative estimate of drug-likeness (QED) is 0.671. The van der Waals surface area contributed by atoms with Crippen molar-refractivity contribution in [2.75, 3.05) is 13.1 Å². The van der Waals surface area contributed by atoms with Crippen LogP contribution in [0.15, 0.2) is 47.8 Å². The van der Waals surface area contributed by atoms with E-state index in [1.165, 1.54) is 29.0 Å². The summed E-state index contributed by atoms with van der Waals surface area (Å²) >= 11 is 1.48. The Kier molecular flexibility index (Phi) is 4.71. The van der Waals surface area contributed by atoms with Gasteiger partial charge in [-0.15, -0.1) is 11.3 Å². The van der Waals surface area contributed by atoms with Gasteiger partial charge in [-0.05, 0) is 48.5 Å². The number of hydrogen-bond donors (Lipinski definition) is 2. The maximum atomic E-state index is 13.3. The number of rotatable bonds is 6. The Labute approximate surface area is 133 Å². The molecule has 0 aliphatic carbocycles. The summed E-state index contributed by atoms with van der Waals surface area (Å²) < 4.78 is 14.1. The molecule has 2 N–H and O–H groups in total. The standard InChI is InChI=1S/C18H18FNOS/c19-15-10-16(21)18-14(12-22-17(18)11-15)7-9-20-8-6-13-4-2-1-3-5-13/h1-5,10-12,20-21H,6-9H2. The third kappa shape index (κ3) is 3.46. The Hall–Kier alpha value is -1.91. The number of nitrogens with one attached hydrogen (secondary N) is 1. The van der Waals surface area contributed by atoms with Crippen LogP contribution in [0.1, 0.15) is 11.1 Å². The number of thiophene rings is 1. The van der Waals surface area contributed by atoms with Gasteiger partial charge in [0, 0.05) is 16.2 Å². The van der Waals surface area contributed by atoms with Gasteiger partial charge in [-0.1, -0.05) is 30.3 Å². The molecule has 1 heterocycles. The molecule has 0 aliphatic rings. The molecular weight excluding hydrogens is 297 g/mol. The largest absolute Gasteiger partial charge is 0.507 e. The Bertz CT molecular complexity index is 754. The van der Waals surface area contributed by atoms with Crippen molar-refractivity contribution in [2.45, 2.75) is 12.8 Å². The minimum Gasteiger partial charge on any atom is -0.507 e. The van der Waals surface area contributed by atoms with Crippen LogP contribution in [-0.2, 0) is 12.8 Å². The maximum Gasteiger partial charge on any atom is 0.128 e. The lowest BCUT2D eigenvalue weighted by Crippen LogP contribution is -2.20. The third-order valence-electron chi connectivity index (χ3n) is 3.70. The molecule has 0 saturated heterocycles. The molecule has 0 fully saturated rings. The van der Waals surface area contributed by atoms with Crippen molar-refractivity contribution in [2.24, 2.45) is 0 Å². The summed E-state index contributed by atoms with van der Waals surface area (Å²) in [6, 6.07) is 13.0. The highest BCUT2D eigenvalue weighted by Crippen LogP contribution is 2.34. The molecule has 0 spiro atoms. The number of benzene rings is 2. The van der Waals surface area contributed by atoms with Gasteiger partial charge in [-0.25, -0.2) is 4.39 Å². The summed E-state index contributed by atoms with van der Waals surface area (Å²) in [4.78, 5) is 0. The lowest BCUT2D eigenvalue weighted by molar-refractivity contribution is 0.475. The molecule has 0 unspecified atom stereocenters. The molecule has 4 heteroatoms. The Balaban J connectivity index is 1.54. The molecule has 0 radical (unpaired) electrons. The second kappa shape index (κ2) is 6.90. The lowest BCUT2D eigenvalue weighted by Gasteiger charge is -2.05. The van der Waals surface area contributed by atoms with E-state index in [1.54, 1.807) is 0 Å². The molecule has 3 aromatic rings. The van der Waals surface area contributed by atoms with Gasteiger partial charge in [0.15, 0.2) is 0 Å². The van der Waals surface area contributed by atoms with E-state index in [2.05, 4.69) is 29.6 Å². The summed E-state index contributed by atoms with van der Waals surface area (Å²) in [6.45, 7) is 1.77. The van der Waals surface area contributed by atoms with Crippen LogP contribution < -0.4 is 5.32 Å². The number of aromatic hydroxyl groups is 1. The molecule has 1 aromatic heterocycles. The van der Waals surface area contributed by atoms with Crippen molar-refractivity contribution in [3.63, 3.8) is 0 Å². The van der Waals surface area contributed by atoms with Crippen LogP contribution >= 0.6 is 11.3 Å². The SMILES string of the molecule is Oc1cc(F)cc2scc(CCNCCc3ccccc3)c12. The van der Waals surface area contributed by atoms with Crippen LogP contribution in [0.4, 0.5) is 4.39 Å². The van der Waals surface area contributed by atoms with Crippen LogP contribution in [0, 0.1) is 5.82 Å². The predicted octanol–water partition coefficient (Wildman–Crippen LogP) is 4.12. The molecule has 2 aromatic carbocycles. The van der Waals surface area contributed by atoms with Crippen LogP contribution in [0.25, 0.3) is 10.1 Å². The molecule has 2 nitrogen and oxygen atoms in total. The van der Waals surface area contributed by atoms with E-state index in [-0.39, 0.29) is 11.6 Å². The summed E-state index contributed by atoms with van der Waals surface area (Å²) in [6.07, 6.45) is 1.83. The molecule has 22 heavy (non-hydrogen) atoms. The molecule has 114 valence electrons. The highest BCUT2D eigenvalue weighted by atomic mass is 32.1. The molecule has 0 amide bonds. The van der Waals surface area contributed by atoms with Gasteiger partial charge in [0.05, 0.1) is 0 Å². The van der Waals surface area contributed by atoms with Crippen molar-refractivity contribution < 1.29 is 9.50 Å². The zero-order chi connectivity index (χ0) is 15.4. The fraction of sp³-hybridized carbons (Fsp3) is 0.222. The van der Waals surface area contributed by atoms with E-state index in [1.807, 2.05) is 11.4 Å². The summed E-state index contributed by atoms with van der Waals surface area (Å²) in [7, 11) is 0. The molecule has 0 saturated carbocycles. The van der Waals surface area contributed by atoms with Gasteiger partial charge in [-0.2, -0.15) is 0 Å². The van der Waals surface area contributed by atoms with Crippen molar-refractivity contribution in [1.82, 2.24) is 5.32 Å². The first-order chi connectivity index (χ1) is 10.7. The van der Waals surface area contributed by atoms with Crippen molar-refractivity contribution in [1.29, 1.82) is 0 Å². The third-order valence-corrected chi connectivity index (χ3v) is 4.68. The first-order valence-corrected chi connectivity index (χ1v) is 8.25. The first kappa shape index (κ1) is 15.0. The normalized spacial score (nSPS) is 11.1. The van der Waals surface area contributed by atoms with E-state index < -0.39 is 0 Å². The van der Waals surface area contributed by atoms with E-state index in [0.29, 0.717) is 0 Å². The topological polar surface area (TPSA) is 32.3 Å². The highest BCUT2D eigenvalue weighted by Gasteiger charge is 2.10. The lowest BCUT2D eigenvalue weighted by atomic mass is 10.1. The molecular formula is C18H18FNOS. The second-order valence-corrected chi connectivity index (χ2v) is 6.21. The number of phenols is 1. The van der Waals surface area contributed by atoms with Crippen molar-refractivity contribution >= 4 is 21.4 Å². The van der Waals surface area contributed by atoms with Crippen LogP contribution in [0.5, 0.6) is 5.75 Å². The number of halogens is 1. The minimum atomic E-state index is -0.389. The van der Waals surface area contributed by atoms with Gasteiger partial charge in [-0.3, -0.25) is 0 Å². The van der Waals surface area contributed by atoms with Crippen LogP contribution in [0.2, 0.25) is 0 Å². The summed E-state index contributed by atoms with van der Waals surface area (Å²) in [5.41, 5.74) is 2.40. The second-order valence-electron chi connectivity index (χ2n) is 5.29. The van der Waals surface area contributed by atoms with Gasteiger partial charge < -0.3 is 10.4 Å². The Morgan fingerprint density at radius 3 is 2.64 bits per heavy atom. The van der Waals surface area contributed by atoms with Crippen molar-refractivity contribution in [3.05, 3.63) is 64.8 Å². The zero-order valence-corrected chi connectivity index (χ0v) is 13.0. The maximum absolute atomic E-state index is 13.3. The van der Waals surface area contributed by atoms with Gasteiger partial charge >= 0.3 is 0 Å². The van der Waals surface area contributed by atoms with E-state index in [4.69, 9.17) is 0 Å². The van der Waals surface area contributed by atoms with Crippen molar-refractivity contribution in [3.8, 4) is 5.75 Å². The van der Waals surface area contributed by atoms with Gasteiger partial charge in [0.1, 0.15) is 11.6 Å². The smallest absolute Gasteiger partial charge is 0.128 e. The highest BCUT2D eigenvalue weighted by molar-refractivity contribution is 7.17. The van der Waals surface area contributed by atoms with E-state index in [0.717, 1.165) is 41.6 Å². The van der Waals surface area contributed by atoms with Crippen LogP contribution in [0.3, 0.4) is 0 Å². The number of fused-ring (bicyclic) bond motifs is 1. The fourth-order valence-corrected chi connectivity index (χ4v) is 3.63. The van der Waals surface area contributed by atoms with E-state index in [9.17, 15) is 9.50 Å². The predicted molar refractivity (Wildman–Crippen MR) is 90.2 cm³/mol. The molecule has 0 bridgehead atoms. The first-order valence-electron chi connectivity index (χ1n) is 7.37.